The van der Waals surface area contributed by atoms with E-state index in [0.29, 0.717) is 47.1 Å². The second-order valence-corrected chi connectivity index (χ2v) is 9.74. The number of halogens is 2. The molecule has 1 fully saturated rings. The highest BCUT2D eigenvalue weighted by molar-refractivity contribution is 8.00. The molecule has 0 spiro atoms. The smallest absolute Gasteiger partial charge is 0.387 e. The number of amides is 2. The molecule has 2 N–H and O–H groups in total. The van der Waals surface area contributed by atoms with E-state index in [-0.39, 0.29) is 23.6 Å². The van der Waals surface area contributed by atoms with Crippen LogP contribution in [0.4, 0.5) is 14.5 Å². The van der Waals surface area contributed by atoms with E-state index in [0.717, 1.165) is 30.8 Å². The van der Waals surface area contributed by atoms with Crippen LogP contribution >= 0.6 is 11.8 Å². The molecule has 2 amide bonds. The van der Waals surface area contributed by atoms with Gasteiger partial charge < -0.3 is 20.1 Å². The monoisotopic (exact) mass is 529 g/mol. The van der Waals surface area contributed by atoms with Crippen molar-refractivity contribution in [1.82, 2.24) is 20.2 Å². The molecule has 0 unspecified atom stereocenters. The van der Waals surface area contributed by atoms with Crippen LogP contribution in [0.5, 0.6) is 11.6 Å². The summed E-state index contributed by atoms with van der Waals surface area (Å²) in [4.78, 5) is 36.2. The zero-order valence-electron chi connectivity index (χ0n) is 19.8. The van der Waals surface area contributed by atoms with Crippen molar-refractivity contribution in [3.05, 3.63) is 48.2 Å². The lowest BCUT2D eigenvalue weighted by Crippen LogP contribution is -2.45. The summed E-state index contributed by atoms with van der Waals surface area (Å²) >= 11 is 1.46. The number of ether oxygens (including phenoxy) is 2. The van der Waals surface area contributed by atoms with E-state index < -0.39 is 6.61 Å². The van der Waals surface area contributed by atoms with Crippen LogP contribution in [-0.2, 0) is 4.79 Å². The number of nitrogens with one attached hydrogen (secondary N) is 2. The van der Waals surface area contributed by atoms with Gasteiger partial charge in [-0.2, -0.15) is 8.78 Å². The van der Waals surface area contributed by atoms with Gasteiger partial charge in [0.15, 0.2) is 0 Å². The number of aromatic nitrogens is 2. The number of anilines is 1. The minimum Gasteiger partial charge on any atom is -0.475 e. The Hall–Kier alpha value is -3.51. The zero-order chi connectivity index (χ0) is 25.8. The molecule has 37 heavy (non-hydrogen) atoms. The number of benzene rings is 2. The first-order valence-corrected chi connectivity index (χ1v) is 12.9. The average molecular weight is 530 g/mol. The van der Waals surface area contributed by atoms with Crippen molar-refractivity contribution in [3.8, 4) is 11.6 Å². The lowest BCUT2D eigenvalue weighted by Gasteiger charge is -2.32. The molecule has 1 aromatic heterocycles. The Balaban J connectivity index is 1.07. The highest BCUT2D eigenvalue weighted by Crippen LogP contribution is 2.32. The van der Waals surface area contributed by atoms with Gasteiger partial charge in [0.05, 0.1) is 28.7 Å². The van der Waals surface area contributed by atoms with Gasteiger partial charge in [-0.25, -0.2) is 9.97 Å². The minimum absolute atomic E-state index is 0.0151. The molecule has 194 valence electrons. The zero-order valence-corrected chi connectivity index (χ0v) is 20.6. The lowest BCUT2D eigenvalue weighted by molar-refractivity contribution is -0.113. The van der Waals surface area contributed by atoms with E-state index in [9.17, 15) is 18.4 Å². The molecule has 0 radical (unpaired) electrons. The molecule has 9 nitrogen and oxygen atoms in total. The number of hydrogen-bond acceptors (Lipinski definition) is 8. The second kappa shape index (κ2) is 11.3. The van der Waals surface area contributed by atoms with Gasteiger partial charge in [-0.05, 0) is 43.2 Å². The average Bonchev–Trinajstić information content (AvgIpc) is 2.88. The highest BCUT2D eigenvalue weighted by Gasteiger charge is 2.22. The number of carbonyl (C=O) groups excluding carboxylic acids is 2. The quantitative estimate of drug-likeness (QED) is 0.457. The summed E-state index contributed by atoms with van der Waals surface area (Å²) in [5.74, 6) is 0.501. The molecule has 0 atom stereocenters. The Morgan fingerprint density at radius 2 is 2.03 bits per heavy atom. The number of fused-ring (bicyclic) bond motifs is 2. The third-order valence-corrected chi connectivity index (χ3v) is 7.25. The fourth-order valence-electron chi connectivity index (χ4n) is 4.29. The Labute approximate surface area is 215 Å². The molecule has 2 aromatic carbocycles. The normalized spacial score (nSPS) is 16.4. The van der Waals surface area contributed by atoms with E-state index >= 15 is 0 Å². The first kappa shape index (κ1) is 25.2. The van der Waals surface area contributed by atoms with Crippen molar-refractivity contribution in [2.75, 3.05) is 37.3 Å². The van der Waals surface area contributed by atoms with Crippen LogP contribution in [0.1, 0.15) is 23.2 Å². The lowest BCUT2D eigenvalue weighted by atomic mass is 10.0. The van der Waals surface area contributed by atoms with Crippen molar-refractivity contribution in [2.24, 2.45) is 0 Å². The SMILES string of the molecule is O=C1CSc2ccc(C(=O)NC3CCN(CCOc4cnc5ccc(OC(F)F)cc5n4)CC3)cc2N1. The van der Waals surface area contributed by atoms with Crippen LogP contribution in [0.25, 0.3) is 11.0 Å². The number of likely N-dealkylation sites (tertiary alicyclic amines) is 1. The van der Waals surface area contributed by atoms with Crippen molar-refractivity contribution >= 4 is 40.3 Å². The molecule has 3 heterocycles. The fourth-order valence-corrected chi connectivity index (χ4v) is 5.08. The molecule has 0 saturated carbocycles. The number of rotatable bonds is 8. The van der Waals surface area contributed by atoms with Crippen LogP contribution in [0.3, 0.4) is 0 Å². The van der Waals surface area contributed by atoms with Crippen LogP contribution in [-0.4, -0.2) is 71.3 Å². The highest BCUT2D eigenvalue weighted by atomic mass is 32.2. The number of thioether (sulfide) groups is 1. The molecule has 3 aromatic rings. The van der Waals surface area contributed by atoms with Gasteiger partial charge in [-0.15, -0.1) is 11.8 Å². The summed E-state index contributed by atoms with van der Waals surface area (Å²) in [7, 11) is 0. The third-order valence-electron chi connectivity index (χ3n) is 6.17. The summed E-state index contributed by atoms with van der Waals surface area (Å²) in [5.41, 5.74) is 2.17. The predicted molar refractivity (Wildman–Crippen MR) is 134 cm³/mol. The number of hydrogen-bond donors (Lipinski definition) is 2. The second-order valence-electron chi connectivity index (χ2n) is 8.72. The van der Waals surface area contributed by atoms with Gasteiger partial charge in [0, 0.05) is 42.2 Å². The van der Waals surface area contributed by atoms with Gasteiger partial charge in [-0.3, -0.25) is 14.5 Å². The molecule has 2 aliphatic rings. The van der Waals surface area contributed by atoms with Crippen molar-refractivity contribution in [2.45, 2.75) is 30.4 Å². The van der Waals surface area contributed by atoms with Gasteiger partial charge in [0.25, 0.3) is 5.91 Å². The van der Waals surface area contributed by atoms with E-state index in [1.54, 1.807) is 18.2 Å². The Morgan fingerprint density at radius 1 is 1.19 bits per heavy atom. The molecule has 5 rings (SSSR count). The van der Waals surface area contributed by atoms with Crippen LogP contribution in [0, 0.1) is 0 Å². The summed E-state index contributed by atoms with van der Waals surface area (Å²) in [6.45, 7) is -0.221. The number of carbonyl (C=O) groups is 2. The molecule has 1 saturated heterocycles. The number of alkyl halides is 2. The van der Waals surface area contributed by atoms with Gasteiger partial charge >= 0.3 is 6.61 Å². The maximum absolute atomic E-state index is 12.7. The van der Waals surface area contributed by atoms with Crippen LogP contribution in [0.15, 0.2) is 47.5 Å². The van der Waals surface area contributed by atoms with Crippen molar-refractivity contribution in [3.63, 3.8) is 0 Å². The minimum atomic E-state index is -2.91. The third kappa shape index (κ3) is 6.44. The standard InChI is InChI=1S/C25H25F2N5O4S/c26-25(27)36-17-2-3-18-19(12-17)31-23(13-28-18)35-10-9-32-7-5-16(6-8-32)29-24(34)15-1-4-21-20(11-15)30-22(33)14-37-21/h1-4,11-13,16,25H,5-10,14H2,(H,29,34)(H,30,33). The predicted octanol–water partition coefficient (Wildman–Crippen LogP) is 3.55. The maximum Gasteiger partial charge on any atom is 0.387 e. The fraction of sp³-hybridized carbons (Fsp3) is 0.360. The molecule has 0 aliphatic carbocycles. The summed E-state index contributed by atoms with van der Waals surface area (Å²) in [6.07, 6.45) is 3.13. The van der Waals surface area contributed by atoms with Gasteiger partial charge in [0.1, 0.15) is 12.4 Å². The van der Waals surface area contributed by atoms with Crippen LogP contribution in [0.2, 0.25) is 0 Å². The Bertz CT molecular complexity index is 1300. The molecular weight excluding hydrogens is 504 g/mol. The molecule has 0 bridgehead atoms. The number of piperidine rings is 1. The van der Waals surface area contributed by atoms with E-state index in [4.69, 9.17) is 4.74 Å². The largest absolute Gasteiger partial charge is 0.475 e. The number of nitrogens with zero attached hydrogens (tertiary/aromatic N) is 3. The van der Waals surface area contributed by atoms with Gasteiger partial charge in [0.2, 0.25) is 11.8 Å². The first-order valence-electron chi connectivity index (χ1n) is 11.9. The Morgan fingerprint density at radius 3 is 2.84 bits per heavy atom. The van der Waals surface area contributed by atoms with Crippen molar-refractivity contribution in [1.29, 1.82) is 0 Å². The molecule has 12 heteroatoms. The Kier molecular flexibility index (Phi) is 7.65. The van der Waals surface area contributed by atoms with E-state index in [1.165, 1.54) is 30.1 Å². The summed E-state index contributed by atoms with van der Waals surface area (Å²) in [5, 5.41) is 5.91. The summed E-state index contributed by atoms with van der Waals surface area (Å²) < 4.78 is 35.1. The van der Waals surface area contributed by atoms with Crippen LogP contribution < -0.4 is 20.1 Å². The van der Waals surface area contributed by atoms with Crippen molar-refractivity contribution < 1.29 is 27.8 Å². The topological polar surface area (TPSA) is 106 Å². The molecule has 2 aliphatic heterocycles. The van der Waals surface area contributed by atoms with E-state index in [2.05, 4.69) is 30.2 Å². The molecular formula is C25H25F2N5O4S. The van der Waals surface area contributed by atoms with E-state index in [1.807, 2.05) is 6.07 Å². The maximum atomic E-state index is 12.7. The first-order chi connectivity index (χ1) is 17.9. The summed E-state index contributed by atoms with van der Waals surface area (Å²) in [6, 6.07) is 9.83. The van der Waals surface area contributed by atoms with Gasteiger partial charge in [-0.1, -0.05) is 0 Å².